The summed E-state index contributed by atoms with van der Waals surface area (Å²) in [5, 5.41) is 2.63. The van der Waals surface area contributed by atoms with Crippen LogP contribution in [0.5, 0.6) is 0 Å². The van der Waals surface area contributed by atoms with Crippen LogP contribution in [0.2, 0.25) is 10.0 Å². The Morgan fingerprint density at radius 2 is 2.00 bits per heavy atom. The molecular formula is C14H12Cl2FN3O. The van der Waals surface area contributed by atoms with E-state index in [0.717, 1.165) is 0 Å². The summed E-state index contributed by atoms with van der Waals surface area (Å²) in [5.41, 5.74) is 0.419. The van der Waals surface area contributed by atoms with E-state index in [0.29, 0.717) is 11.5 Å². The van der Waals surface area contributed by atoms with Gasteiger partial charge in [-0.2, -0.15) is 0 Å². The van der Waals surface area contributed by atoms with Crippen LogP contribution in [0.1, 0.15) is 36.1 Å². The normalized spacial score (nSPS) is 10.8. The van der Waals surface area contributed by atoms with E-state index in [2.05, 4.69) is 15.3 Å². The van der Waals surface area contributed by atoms with Crippen molar-refractivity contribution in [1.82, 2.24) is 9.97 Å². The number of rotatable bonds is 3. The van der Waals surface area contributed by atoms with Gasteiger partial charge in [-0.05, 0) is 18.2 Å². The van der Waals surface area contributed by atoms with E-state index < -0.39 is 11.7 Å². The Balaban J connectivity index is 2.27. The first kappa shape index (κ1) is 15.7. The minimum Gasteiger partial charge on any atom is -0.321 e. The molecule has 1 heterocycles. The highest BCUT2D eigenvalue weighted by molar-refractivity contribution is 6.34. The molecule has 0 unspecified atom stereocenters. The molecule has 1 amide bonds. The minimum atomic E-state index is -0.558. The zero-order chi connectivity index (χ0) is 15.6. The Kier molecular flexibility index (Phi) is 4.75. The van der Waals surface area contributed by atoms with Crippen molar-refractivity contribution < 1.29 is 9.18 Å². The molecule has 0 bridgehead atoms. The van der Waals surface area contributed by atoms with Crippen molar-refractivity contribution in [3.8, 4) is 0 Å². The van der Waals surface area contributed by atoms with Gasteiger partial charge in [0.15, 0.2) is 5.69 Å². The Morgan fingerprint density at radius 3 is 2.62 bits per heavy atom. The van der Waals surface area contributed by atoms with Crippen LogP contribution < -0.4 is 5.32 Å². The molecule has 0 saturated carbocycles. The van der Waals surface area contributed by atoms with Crippen LogP contribution in [0.3, 0.4) is 0 Å². The van der Waals surface area contributed by atoms with Gasteiger partial charge in [0.1, 0.15) is 11.6 Å². The molecule has 1 N–H and O–H groups in total. The van der Waals surface area contributed by atoms with Crippen molar-refractivity contribution >= 4 is 34.8 Å². The molecular weight excluding hydrogens is 316 g/mol. The van der Waals surface area contributed by atoms with Crippen LogP contribution in [-0.2, 0) is 0 Å². The van der Waals surface area contributed by atoms with Gasteiger partial charge >= 0.3 is 0 Å². The van der Waals surface area contributed by atoms with Gasteiger partial charge in [-0.25, -0.2) is 14.4 Å². The van der Waals surface area contributed by atoms with Crippen molar-refractivity contribution in [2.24, 2.45) is 0 Å². The zero-order valence-corrected chi connectivity index (χ0v) is 12.8. The van der Waals surface area contributed by atoms with E-state index >= 15 is 0 Å². The van der Waals surface area contributed by atoms with Crippen molar-refractivity contribution in [3.05, 3.63) is 51.8 Å². The minimum absolute atomic E-state index is 0.0640. The van der Waals surface area contributed by atoms with Crippen LogP contribution in [0.4, 0.5) is 10.1 Å². The van der Waals surface area contributed by atoms with Gasteiger partial charge in [0, 0.05) is 11.6 Å². The maximum atomic E-state index is 13.1. The molecule has 1 aromatic carbocycles. The van der Waals surface area contributed by atoms with Crippen LogP contribution in [0.25, 0.3) is 0 Å². The van der Waals surface area contributed by atoms with Gasteiger partial charge in [0.25, 0.3) is 5.91 Å². The largest absolute Gasteiger partial charge is 0.321 e. The van der Waals surface area contributed by atoms with E-state index in [1.165, 1.54) is 24.4 Å². The first-order chi connectivity index (χ1) is 9.88. The predicted octanol–water partition coefficient (Wildman–Crippen LogP) is 4.30. The highest BCUT2D eigenvalue weighted by Crippen LogP contribution is 2.21. The monoisotopic (exact) mass is 327 g/mol. The van der Waals surface area contributed by atoms with E-state index in [1.807, 2.05) is 13.8 Å². The number of carbonyl (C=O) groups excluding carboxylic acids is 1. The lowest BCUT2D eigenvalue weighted by molar-refractivity contribution is 0.102. The van der Waals surface area contributed by atoms with Gasteiger partial charge in [-0.3, -0.25) is 4.79 Å². The maximum absolute atomic E-state index is 13.1. The van der Waals surface area contributed by atoms with Gasteiger partial charge < -0.3 is 5.32 Å². The lowest BCUT2D eigenvalue weighted by Crippen LogP contribution is -2.16. The number of amides is 1. The van der Waals surface area contributed by atoms with Crippen LogP contribution >= 0.6 is 23.2 Å². The SMILES string of the molecule is CC(C)c1ncc(Cl)c(C(=O)Nc2ccc(F)c(Cl)c2)n1. The third-order valence-corrected chi connectivity index (χ3v) is 3.24. The fraction of sp³-hybridized carbons (Fsp3) is 0.214. The Hall–Kier alpha value is -1.72. The second-order valence-electron chi connectivity index (χ2n) is 4.66. The summed E-state index contributed by atoms with van der Waals surface area (Å²) in [5.74, 6) is -0.487. The Bertz CT molecular complexity index is 692. The molecule has 110 valence electrons. The molecule has 7 heteroatoms. The third-order valence-electron chi connectivity index (χ3n) is 2.67. The fourth-order valence-corrected chi connectivity index (χ4v) is 1.94. The summed E-state index contributed by atoms with van der Waals surface area (Å²) in [4.78, 5) is 20.4. The number of anilines is 1. The van der Waals surface area contributed by atoms with E-state index in [9.17, 15) is 9.18 Å². The smallest absolute Gasteiger partial charge is 0.275 e. The number of carbonyl (C=O) groups is 1. The average Bonchev–Trinajstić information content (AvgIpc) is 2.43. The number of nitrogens with one attached hydrogen (secondary N) is 1. The summed E-state index contributed by atoms with van der Waals surface area (Å²) in [6.45, 7) is 3.81. The molecule has 2 aromatic rings. The number of nitrogens with zero attached hydrogens (tertiary/aromatic N) is 2. The summed E-state index contributed by atoms with van der Waals surface area (Å²) in [6, 6.07) is 3.88. The van der Waals surface area contributed by atoms with E-state index in [-0.39, 0.29) is 21.7 Å². The molecule has 0 aliphatic heterocycles. The quantitative estimate of drug-likeness (QED) is 0.914. The number of benzene rings is 1. The molecule has 4 nitrogen and oxygen atoms in total. The molecule has 2 rings (SSSR count). The molecule has 0 saturated heterocycles. The molecule has 0 spiro atoms. The lowest BCUT2D eigenvalue weighted by Gasteiger charge is -2.09. The van der Waals surface area contributed by atoms with E-state index in [4.69, 9.17) is 23.2 Å². The summed E-state index contributed by atoms with van der Waals surface area (Å²) < 4.78 is 13.1. The van der Waals surface area contributed by atoms with Crippen molar-refractivity contribution in [2.45, 2.75) is 19.8 Å². The summed E-state index contributed by atoms with van der Waals surface area (Å²) in [7, 11) is 0. The number of aromatic nitrogens is 2. The summed E-state index contributed by atoms with van der Waals surface area (Å²) >= 11 is 11.6. The highest BCUT2D eigenvalue weighted by Gasteiger charge is 2.16. The molecule has 0 aliphatic rings. The molecule has 21 heavy (non-hydrogen) atoms. The van der Waals surface area contributed by atoms with Gasteiger partial charge in [-0.1, -0.05) is 37.0 Å². The van der Waals surface area contributed by atoms with Gasteiger partial charge in [0.2, 0.25) is 0 Å². The molecule has 1 aromatic heterocycles. The van der Waals surface area contributed by atoms with Crippen LogP contribution in [-0.4, -0.2) is 15.9 Å². The molecule has 0 aliphatic carbocycles. The zero-order valence-electron chi connectivity index (χ0n) is 11.3. The highest BCUT2D eigenvalue weighted by atomic mass is 35.5. The Labute approximate surface area is 131 Å². The predicted molar refractivity (Wildman–Crippen MR) is 80.5 cm³/mol. The van der Waals surface area contributed by atoms with Crippen LogP contribution in [0, 0.1) is 5.82 Å². The topological polar surface area (TPSA) is 54.9 Å². The molecule has 0 radical (unpaired) electrons. The average molecular weight is 328 g/mol. The molecule has 0 atom stereocenters. The van der Waals surface area contributed by atoms with Gasteiger partial charge in [0.05, 0.1) is 16.2 Å². The number of hydrogen-bond donors (Lipinski definition) is 1. The molecule has 0 fully saturated rings. The van der Waals surface area contributed by atoms with E-state index in [1.54, 1.807) is 0 Å². The number of halogens is 3. The lowest BCUT2D eigenvalue weighted by atomic mass is 10.2. The second kappa shape index (κ2) is 6.37. The van der Waals surface area contributed by atoms with Crippen LogP contribution in [0.15, 0.2) is 24.4 Å². The third kappa shape index (κ3) is 3.68. The fourth-order valence-electron chi connectivity index (χ4n) is 1.58. The Morgan fingerprint density at radius 1 is 1.29 bits per heavy atom. The van der Waals surface area contributed by atoms with Crippen molar-refractivity contribution in [2.75, 3.05) is 5.32 Å². The summed E-state index contributed by atoms with van der Waals surface area (Å²) in [6.07, 6.45) is 1.39. The van der Waals surface area contributed by atoms with Crippen molar-refractivity contribution in [3.63, 3.8) is 0 Å². The first-order valence-corrected chi connectivity index (χ1v) is 6.93. The van der Waals surface area contributed by atoms with Crippen molar-refractivity contribution in [1.29, 1.82) is 0 Å². The number of hydrogen-bond acceptors (Lipinski definition) is 3. The second-order valence-corrected chi connectivity index (χ2v) is 5.48. The first-order valence-electron chi connectivity index (χ1n) is 6.17. The maximum Gasteiger partial charge on any atom is 0.275 e. The standard InChI is InChI=1S/C14H12Cl2FN3O/c1-7(2)13-18-6-10(16)12(20-13)14(21)19-8-3-4-11(17)9(15)5-8/h3-7H,1-2H3,(H,19,21). The van der Waals surface area contributed by atoms with Gasteiger partial charge in [-0.15, -0.1) is 0 Å².